The van der Waals surface area contributed by atoms with Crippen LogP contribution in [0, 0.1) is 5.92 Å². The first kappa shape index (κ1) is 41.9. The van der Waals surface area contributed by atoms with Gasteiger partial charge in [-0.25, -0.2) is 9.59 Å². The third-order valence-corrected chi connectivity index (χ3v) is 7.28. The zero-order valence-corrected chi connectivity index (χ0v) is 27.5. The second-order valence-corrected chi connectivity index (χ2v) is 11.8. The van der Waals surface area contributed by atoms with Crippen LogP contribution in [0.1, 0.15) is 53.9 Å². The van der Waals surface area contributed by atoms with Crippen LogP contribution in [0.2, 0.25) is 0 Å². The quantitative estimate of drug-likeness (QED) is 0.0493. The van der Waals surface area contributed by atoms with E-state index in [1.54, 1.807) is 13.8 Å². The minimum absolute atomic E-state index is 0.0777. The Bertz CT molecular complexity index is 1210. The minimum atomic E-state index is -1.84. The van der Waals surface area contributed by atoms with Crippen LogP contribution in [0.15, 0.2) is 12.2 Å². The highest BCUT2D eigenvalue weighted by atomic mass is 16.6. The first-order valence-corrected chi connectivity index (χ1v) is 15.0. The molecule has 19 nitrogen and oxygen atoms in total. The number of carboxylic acids is 2. The number of nitrogens with one attached hydrogen (secondary N) is 2. The minimum Gasteiger partial charge on any atom is -0.481 e. The van der Waals surface area contributed by atoms with Gasteiger partial charge in [-0.3, -0.25) is 24.0 Å². The summed E-state index contributed by atoms with van der Waals surface area (Å²) in [4.78, 5) is 86.6. The van der Waals surface area contributed by atoms with Crippen molar-refractivity contribution in [3.63, 3.8) is 0 Å². The van der Waals surface area contributed by atoms with E-state index in [-0.39, 0.29) is 17.9 Å². The van der Waals surface area contributed by atoms with Gasteiger partial charge >= 0.3 is 17.9 Å². The van der Waals surface area contributed by atoms with E-state index in [1.807, 2.05) is 0 Å². The maximum absolute atomic E-state index is 13.3. The molecule has 0 aliphatic carbocycles. The standard InChI is InChI=1S/C29H47N5O14/c1-12(2)9-17(33-25(41)13(3)4)29(45)46-11-19-22(39)23(47-14(5)28(43)44)21(30)27(48-19)34(15(6)36)18(10-35)26(42)32-16(24(31)40)7-8-20(37)38/h12,14,16-19,21-23,27,35,39H,3,7-11,30H2,1-2,4-6H3,(H2,31,40)(H,32,42)(H,33,41)(H,37,38)(H,43,44)/t14-,16+,17+,18+,19-,21-,22-,23-,27?/m1/s1. The fourth-order valence-electron chi connectivity index (χ4n) is 4.73. The SMILES string of the molecule is C=C(C)C(=O)N[C@@H](CC(C)C)C(=O)OC[C@H]1OC(N(C(C)=O)[C@@H](CO)C(=O)N[C@@H](CCC(=O)O)C(N)=O)[C@H](N)[C@@H](O[C@H](C)C(=O)O)[C@@H]1O. The van der Waals surface area contributed by atoms with Crippen molar-refractivity contribution >= 4 is 41.5 Å². The molecule has 0 aromatic heterocycles. The monoisotopic (exact) mass is 689 g/mol. The third kappa shape index (κ3) is 12.1. The van der Waals surface area contributed by atoms with Gasteiger partial charge in [-0.05, 0) is 32.6 Å². The number of carboxylic acid groups (broad SMARTS) is 2. The molecule has 19 heteroatoms. The Morgan fingerprint density at radius 1 is 1.02 bits per heavy atom. The molecule has 0 saturated carbocycles. The molecule has 1 heterocycles. The van der Waals surface area contributed by atoms with Crippen LogP contribution in [0.5, 0.6) is 0 Å². The Balaban J connectivity index is 3.47. The summed E-state index contributed by atoms with van der Waals surface area (Å²) in [5, 5.41) is 44.4. The largest absolute Gasteiger partial charge is 0.481 e. The molecular weight excluding hydrogens is 642 g/mol. The van der Waals surface area contributed by atoms with E-state index in [1.165, 1.54) is 6.92 Å². The summed E-state index contributed by atoms with van der Waals surface area (Å²) in [5.41, 5.74) is 11.7. The van der Waals surface area contributed by atoms with E-state index in [9.17, 15) is 48.9 Å². The van der Waals surface area contributed by atoms with Gasteiger partial charge in [0.15, 0.2) is 12.3 Å². The molecule has 0 aromatic carbocycles. The first-order valence-electron chi connectivity index (χ1n) is 15.0. The number of aliphatic hydroxyl groups excluding tert-OH is 2. The zero-order valence-electron chi connectivity index (χ0n) is 27.5. The fourth-order valence-corrected chi connectivity index (χ4v) is 4.73. The van der Waals surface area contributed by atoms with Crippen LogP contribution in [-0.4, -0.2) is 135 Å². The van der Waals surface area contributed by atoms with Crippen molar-refractivity contribution in [1.82, 2.24) is 15.5 Å². The van der Waals surface area contributed by atoms with Gasteiger partial charge < -0.3 is 61.6 Å². The first-order chi connectivity index (χ1) is 22.2. The van der Waals surface area contributed by atoms with Gasteiger partial charge in [-0.1, -0.05) is 20.4 Å². The van der Waals surface area contributed by atoms with Crippen molar-refractivity contribution in [2.75, 3.05) is 13.2 Å². The van der Waals surface area contributed by atoms with Crippen LogP contribution in [0.4, 0.5) is 0 Å². The lowest BCUT2D eigenvalue weighted by Gasteiger charge is -2.48. The highest BCUT2D eigenvalue weighted by Crippen LogP contribution is 2.28. The maximum Gasteiger partial charge on any atom is 0.332 e. The predicted molar refractivity (Wildman–Crippen MR) is 163 cm³/mol. The molecule has 1 unspecified atom stereocenters. The van der Waals surface area contributed by atoms with E-state index in [0.717, 1.165) is 13.8 Å². The molecule has 4 amide bonds. The van der Waals surface area contributed by atoms with Crippen molar-refractivity contribution in [2.24, 2.45) is 17.4 Å². The lowest BCUT2D eigenvalue weighted by Crippen LogP contribution is -2.71. The van der Waals surface area contributed by atoms with Gasteiger partial charge in [0.1, 0.15) is 43.0 Å². The van der Waals surface area contributed by atoms with Crippen molar-refractivity contribution in [3.8, 4) is 0 Å². The molecule has 9 atom stereocenters. The molecule has 1 aliphatic rings. The van der Waals surface area contributed by atoms with Crippen molar-refractivity contribution < 1.29 is 68.2 Å². The van der Waals surface area contributed by atoms with Gasteiger partial charge in [0.25, 0.3) is 0 Å². The summed E-state index contributed by atoms with van der Waals surface area (Å²) in [7, 11) is 0. The summed E-state index contributed by atoms with van der Waals surface area (Å²) in [6.07, 6.45) is -9.08. The van der Waals surface area contributed by atoms with Crippen molar-refractivity contribution in [3.05, 3.63) is 12.2 Å². The van der Waals surface area contributed by atoms with E-state index < -0.39 is 122 Å². The van der Waals surface area contributed by atoms with Gasteiger partial charge in [-0.15, -0.1) is 0 Å². The molecule has 1 saturated heterocycles. The van der Waals surface area contributed by atoms with Gasteiger partial charge in [0.2, 0.25) is 23.6 Å². The summed E-state index contributed by atoms with van der Waals surface area (Å²) in [6.45, 7) is 8.84. The average molecular weight is 690 g/mol. The molecule has 10 N–H and O–H groups in total. The van der Waals surface area contributed by atoms with Crippen LogP contribution in [0.3, 0.4) is 0 Å². The van der Waals surface area contributed by atoms with Crippen LogP contribution in [0.25, 0.3) is 0 Å². The van der Waals surface area contributed by atoms with Crippen LogP contribution < -0.4 is 22.1 Å². The number of rotatable bonds is 19. The molecule has 48 heavy (non-hydrogen) atoms. The van der Waals surface area contributed by atoms with Gasteiger partial charge in [0, 0.05) is 18.9 Å². The number of aliphatic carboxylic acids is 2. The highest BCUT2D eigenvalue weighted by molar-refractivity contribution is 5.95. The molecule has 0 bridgehead atoms. The molecule has 0 radical (unpaired) electrons. The number of carbonyl (C=O) groups is 7. The van der Waals surface area contributed by atoms with Gasteiger partial charge in [-0.2, -0.15) is 0 Å². The number of esters is 1. The maximum atomic E-state index is 13.3. The molecule has 1 rings (SSSR count). The smallest absolute Gasteiger partial charge is 0.332 e. The lowest BCUT2D eigenvalue weighted by molar-refractivity contribution is -0.248. The summed E-state index contributed by atoms with van der Waals surface area (Å²) in [5.74, 6) is -7.53. The van der Waals surface area contributed by atoms with E-state index in [2.05, 4.69) is 17.2 Å². The number of carbonyl (C=O) groups excluding carboxylic acids is 5. The molecule has 0 aromatic rings. The Morgan fingerprint density at radius 3 is 2.08 bits per heavy atom. The number of aliphatic hydroxyl groups is 2. The number of hydrogen-bond donors (Lipinski definition) is 8. The number of nitrogens with zero attached hydrogens (tertiary/aromatic N) is 1. The number of hydrogen-bond acceptors (Lipinski definition) is 13. The number of ether oxygens (including phenoxy) is 3. The highest BCUT2D eigenvalue weighted by Gasteiger charge is 2.51. The second kappa shape index (κ2) is 19.0. The summed E-state index contributed by atoms with van der Waals surface area (Å²) in [6, 6.07) is -6.07. The molecule has 1 aliphatic heterocycles. The Hall–Kier alpha value is -4.17. The molecule has 0 spiro atoms. The zero-order chi connectivity index (χ0) is 37.0. The Morgan fingerprint density at radius 2 is 1.62 bits per heavy atom. The third-order valence-electron chi connectivity index (χ3n) is 7.28. The molecular formula is C29H47N5O14. The Kier molecular flexibility index (Phi) is 16.6. The molecule has 1 fully saturated rings. The summed E-state index contributed by atoms with van der Waals surface area (Å²) < 4.78 is 16.7. The van der Waals surface area contributed by atoms with E-state index in [0.29, 0.717) is 4.90 Å². The fraction of sp³-hybridized carbons (Fsp3) is 0.690. The van der Waals surface area contributed by atoms with E-state index in [4.69, 9.17) is 30.8 Å². The van der Waals surface area contributed by atoms with Crippen molar-refractivity contribution in [1.29, 1.82) is 0 Å². The number of amides is 4. The number of nitrogens with two attached hydrogens (primary N) is 2. The van der Waals surface area contributed by atoms with E-state index >= 15 is 0 Å². The lowest BCUT2D eigenvalue weighted by atomic mass is 9.94. The van der Waals surface area contributed by atoms with Gasteiger partial charge in [0.05, 0.1) is 12.6 Å². The van der Waals surface area contributed by atoms with Crippen molar-refractivity contribution in [2.45, 2.75) is 109 Å². The molecule has 272 valence electrons. The number of primary amides is 1. The summed E-state index contributed by atoms with van der Waals surface area (Å²) >= 11 is 0. The Labute approximate surface area is 276 Å². The second-order valence-electron chi connectivity index (χ2n) is 11.8. The normalized spacial score (nSPS) is 23.1. The van der Waals surface area contributed by atoms with Crippen LogP contribution >= 0.6 is 0 Å². The predicted octanol–water partition coefficient (Wildman–Crippen LogP) is -3.05. The average Bonchev–Trinajstić information content (AvgIpc) is 2.98. The topological polar surface area (TPSA) is 307 Å². The van der Waals surface area contributed by atoms with Crippen LogP contribution in [-0.2, 0) is 47.8 Å².